The van der Waals surface area contributed by atoms with Crippen molar-refractivity contribution >= 4 is 24.2 Å². The Labute approximate surface area is 175 Å². The van der Waals surface area contributed by atoms with E-state index in [1.807, 2.05) is 6.07 Å². The van der Waals surface area contributed by atoms with Crippen LogP contribution in [-0.2, 0) is 30.3 Å². The molecule has 0 saturated carbocycles. The molecular weight excluding hydrogens is 392 g/mol. The molecule has 1 aromatic rings. The fourth-order valence-electron chi connectivity index (χ4n) is 2.79. The zero-order chi connectivity index (χ0) is 22.4. The number of esters is 1. The molecule has 0 unspecified atom stereocenters. The van der Waals surface area contributed by atoms with Crippen LogP contribution in [-0.4, -0.2) is 67.7 Å². The summed E-state index contributed by atoms with van der Waals surface area (Å²) in [6, 6.07) is 5.85. The number of nitrogens with two attached hydrogens (primary N) is 1. The number of aliphatic hydroxyl groups is 1. The molecule has 166 valence electrons. The van der Waals surface area contributed by atoms with Crippen LogP contribution in [0.15, 0.2) is 30.3 Å². The van der Waals surface area contributed by atoms with E-state index in [4.69, 9.17) is 10.5 Å². The summed E-state index contributed by atoms with van der Waals surface area (Å²) in [6.07, 6.45) is 2.19. The number of carbonyl (C=O) groups excluding carboxylic acids is 4. The lowest BCUT2D eigenvalue weighted by molar-refractivity contribution is -0.145. The average Bonchev–Trinajstić information content (AvgIpc) is 2.76. The number of aliphatic hydroxyl groups excluding tert-OH is 1. The topological polar surface area (TPSA) is 160 Å². The highest BCUT2D eigenvalue weighted by Gasteiger charge is 2.29. The monoisotopic (exact) mass is 422 g/mol. The van der Waals surface area contributed by atoms with Crippen molar-refractivity contribution in [3.63, 3.8) is 0 Å². The Kier molecular flexibility index (Phi) is 11.8. The predicted molar refractivity (Wildman–Crippen MR) is 109 cm³/mol. The Morgan fingerprint density at radius 2 is 1.70 bits per heavy atom. The second-order valence-corrected chi connectivity index (χ2v) is 6.64. The fraction of sp³-hybridized carbons (Fsp3) is 0.500. The fourth-order valence-corrected chi connectivity index (χ4v) is 2.79. The lowest BCUT2D eigenvalue weighted by Gasteiger charge is -2.23. The summed E-state index contributed by atoms with van der Waals surface area (Å²) in [6.45, 7) is -0.235. The zero-order valence-corrected chi connectivity index (χ0v) is 17.0. The van der Waals surface area contributed by atoms with Gasteiger partial charge in [0.1, 0.15) is 18.1 Å². The van der Waals surface area contributed by atoms with E-state index in [1.54, 1.807) is 24.3 Å². The molecule has 0 spiro atoms. The first-order valence-corrected chi connectivity index (χ1v) is 9.69. The summed E-state index contributed by atoms with van der Waals surface area (Å²) >= 11 is 0. The number of methoxy groups -OCH3 is 1. The van der Waals surface area contributed by atoms with Crippen LogP contribution >= 0.6 is 0 Å². The minimum Gasteiger partial charge on any atom is -0.467 e. The Balaban J connectivity index is 2.78. The first-order valence-electron chi connectivity index (χ1n) is 9.69. The van der Waals surface area contributed by atoms with Gasteiger partial charge in [-0.1, -0.05) is 30.3 Å². The molecular formula is C20H30N4O6. The summed E-state index contributed by atoms with van der Waals surface area (Å²) in [7, 11) is 1.20. The van der Waals surface area contributed by atoms with Crippen molar-refractivity contribution in [3.05, 3.63) is 35.9 Å². The predicted octanol–water partition coefficient (Wildman–Crippen LogP) is -1.39. The van der Waals surface area contributed by atoms with Crippen molar-refractivity contribution in [1.82, 2.24) is 16.0 Å². The molecule has 3 atom stereocenters. The third-order valence-corrected chi connectivity index (χ3v) is 4.43. The smallest absolute Gasteiger partial charge is 0.328 e. The van der Waals surface area contributed by atoms with Crippen molar-refractivity contribution < 1.29 is 29.0 Å². The van der Waals surface area contributed by atoms with Crippen molar-refractivity contribution in [2.75, 3.05) is 20.3 Å². The molecule has 0 aliphatic carbocycles. The van der Waals surface area contributed by atoms with Crippen molar-refractivity contribution in [2.24, 2.45) is 5.73 Å². The summed E-state index contributed by atoms with van der Waals surface area (Å²) in [5, 5.41) is 16.9. The van der Waals surface area contributed by atoms with Crippen LogP contribution in [0.5, 0.6) is 0 Å². The van der Waals surface area contributed by atoms with Crippen LogP contribution in [0, 0.1) is 0 Å². The SMILES string of the molecule is COC(=O)[C@H](Cc1ccccc1)NC(=O)[C@H](CO)NC(=O)[C@H](CCCCN)NC=O. The Morgan fingerprint density at radius 1 is 1.07 bits per heavy atom. The van der Waals surface area contributed by atoms with Crippen molar-refractivity contribution in [1.29, 1.82) is 0 Å². The van der Waals surface area contributed by atoms with Gasteiger partial charge >= 0.3 is 5.97 Å². The van der Waals surface area contributed by atoms with Crippen LogP contribution in [0.4, 0.5) is 0 Å². The van der Waals surface area contributed by atoms with Gasteiger partial charge in [-0.2, -0.15) is 0 Å². The van der Waals surface area contributed by atoms with E-state index >= 15 is 0 Å². The highest BCUT2D eigenvalue weighted by atomic mass is 16.5. The Morgan fingerprint density at radius 3 is 2.27 bits per heavy atom. The maximum Gasteiger partial charge on any atom is 0.328 e. The van der Waals surface area contributed by atoms with E-state index in [-0.39, 0.29) is 6.42 Å². The maximum absolute atomic E-state index is 12.6. The molecule has 0 aliphatic heterocycles. The number of amides is 3. The minimum atomic E-state index is -1.30. The van der Waals surface area contributed by atoms with E-state index in [0.717, 1.165) is 5.56 Å². The zero-order valence-electron chi connectivity index (χ0n) is 17.0. The highest BCUT2D eigenvalue weighted by molar-refractivity contribution is 5.92. The lowest BCUT2D eigenvalue weighted by Crippen LogP contribution is -2.56. The summed E-state index contributed by atoms with van der Waals surface area (Å²) in [5.41, 5.74) is 6.23. The van der Waals surface area contributed by atoms with Gasteiger partial charge in [0.25, 0.3) is 0 Å². The number of hydrogen-bond donors (Lipinski definition) is 5. The first kappa shape index (κ1) is 25.1. The van der Waals surface area contributed by atoms with Gasteiger partial charge in [-0.05, 0) is 31.4 Å². The van der Waals surface area contributed by atoms with Crippen LogP contribution < -0.4 is 21.7 Å². The molecule has 0 heterocycles. The van der Waals surface area contributed by atoms with E-state index < -0.39 is 42.5 Å². The molecule has 0 bridgehead atoms. The van der Waals surface area contributed by atoms with Gasteiger partial charge in [-0.15, -0.1) is 0 Å². The molecule has 10 heteroatoms. The first-order chi connectivity index (χ1) is 14.5. The second-order valence-electron chi connectivity index (χ2n) is 6.64. The molecule has 30 heavy (non-hydrogen) atoms. The van der Waals surface area contributed by atoms with E-state index in [1.165, 1.54) is 7.11 Å². The number of carbonyl (C=O) groups is 4. The third kappa shape index (κ3) is 8.58. The van der Waals surface area contributed by atoms with Gasteiger partial charge in [0.2, 0.25) is 18.2 Å². The number of unbranched alkanes of at least 4 members (excludes halogenated alkanes) is 1. The van der Waals surface area contributed by atoms with Crippen molar-refractivity contribution in [2.45, 2.75) is 43.8 Å². The average molecular weight is 422 g/mol. The van der Waals surface area contributed by atoms with Crippen molar-refractivity contribution in [3.8, 4) is 0 Å². The van der Waals surface area contributed by atoms with Crippen LogP contribution in [0.1, 0.15) is 24.8 Å². The number of rotatable bonds is 14. The van der Waals surface area contributed by atoms with Gasteiger partial charge in [0.05, 0.1) is 13.7 Å². The molecule has 0 aliphatic rings. The number of benzene rings is 1. The molecule has 0 radical (unpaired) electrons. The maximum atomic E-state index is 12.6. The molecule has 0 fully saturated rings. The van der Waals surface area contributed by atoms with Crippen LogP contribution in [0.3, 0.4) is 0 Å². The quantitative estimate of drug-likeness (QED) is 0.140. The minimum absolute atomic E-state index is 0.180. The summed E-state index contributed by atoms with van der Waals surface area (Å²) in [4.78, 5) is 47.8. The van der Waals surface area contributed by atoms with Gasteiger partial charge in [-0.25, -0.2) is 4.79 Å². The Bertz CT molecular complexity index is 685. The normalized spacial score (nSPS) is 13.4. The number of hydrogen-bond acceptors (Lipinski definition) is 7. The van der Waals surface area contributed by atoms with Gasteiger partial charge in [-0.3, -0.25) is 14.4 Å². The summed E-state index contributed by atoms with van der Waals surface area (Å²) in [5.74, 6) is -2.02. The van der Waals surface area contributed by atoms with E-state index in [0.29, 0.717) is 32.2 Å². The van der Waals surface area contributed by atoms with E-state index in [9.17, 15) is 24.3 Å². The molecule has 1 aromatic carbocycles. The number of ether oxygens (including phenoxy) is 1. The Hall–Kier alpha value is -2.98. The number of nitrogens with one attached hydrogen (secondary N) is 3. The van der Waals surface area contributed by atoms with E-state index in [2.05, 4.69) is 16.0 Å². The lowest BCUT2D eigenvalue weighted by atomic mass is 10.1. The molecule has 10 nitrogen and oxygen atoms in total. The molecule has 0 saturated heterocycles. The highest BCUT2D eigenvalue weighted by Crippen LogP contribution is 2.06. The van der Waals surface area contributed by atoms with Gasteiger partial charge < -0.3 is 31.5 Å². The molecule has 0 aromatic heterocycles. The van der Waals surface area contributed by atoms with Crippen LogP contribution in [0.2, 0.25) is 0 Å². The second kappa shape index (κ2) is 14.1. The largest absolute Gasteiger partial charge is 0.467 e. The summed E-state index contributed by atoms with van der Waals surface area (Å²) < 4.78 is 4.74. The molecule has 6 N–H and O–H groups in total. The van der Waals surface area contributed by atoms with Gasteiger partial charge in [0.15, 0.2) is 0 Å². The standard InChI is InChI=1S/C20H30N4O6/c1-30-20(29)16(11-14-7-3-2-4-8-14)23-19(28)17(12-25)24-18(27)15(22-13-26)9-5-6-10-21/h2-4,7-8,13,15-17,25H,5-6,9-12,21H2,1H3,(H,22,26)(H,23,28)(H,24,27)/t15-,16-,17-/m0/s1. The van der Waals surface area contributed by atoms with Gasteiger partial charge in [0, 0.05) is 6.42 Å². The molecule has 1 rings (SSSR count). The van der Waals surface area contributed by atoms with Crippen LogP contribution in [0.25, 0.3) is 0 Å². The molecule has 3 amide bonds. The third-order valence-electron chi connectivity index (χ3n) is 4.43.